The number of benzene rings is 1. The van der Waals surface area contributed by atoms with E-state index < -0.39 is 0 Å². The van der Waals surface area contributed by atoms with Crippen LogP contribution in [0.4, 0.5) is 0 Å². The minimum Gasteiger partial charge on any atom is -0.497 e. The van der Waals surface area contributed by atoms with Crippen molar-refractivity contribution in [2.45, 2.75) is 19.0 Å². The molecule has 1 aromatic rings. The summed E-state index contributed by atoms with van der Waals surface area (Å²) < 4.78 is 10.6. The quantitative estimate of drug-likeness (QED) is 0.854. The number of ether oxygens (including phenoxy) is 2. The van der Waals surface area contributed by atoms with E-state index in [4.69, 9.17) is 9.47 Å². The topological polar surface area (TPSA) is 45.2 Å². The van der Waals surface area contributed by atoms with Gasteiger partial charge < -0.3 is 19.5 Å². The molecule has 0 spiro atoms. The molecule has 0 saturated carbocycles. The monoisotopic (exact) mass is 294 g/mol. The van der Waals surface area contributed by atoms with Gasteiger partial charge in [0.05, 0.1) is 14.2 Å². The number of piperazine rings is 1. The number of likely N-dealkylation sites (N-methyl/N-ethyl adjacent to an activating group) is 1. The Morgan fingerprint density at radius 2 is 1.81 bits per heavy atom. The maximum Gasteiger partial charge on any atom is 0.122 e. The molecule has 1 aromatic carbocycles. The second kappa shape index (κ2) is 7.64. The fourth-order valence-electron chi connectivity index (χ4n) is 2.83. The molecule has 1 saturated heterocycles. The number of hydrogen-bond donors (Lipinski definition) is 1. The summed E-state index contributed by atoms with van der Waals surface area (Å²) in [4.78, 5) is 4.76. The number of aliphatic hydroxyl groups is 1. The SMILES string of the molecule is COc1cc(CN2CCN(C)[C@H](CCO)C2)cc(OC)c1. The zero-order valence-electron chi connectivity index (χ0n) is 13.2. The van der Waals surface area contributed by atoms with E-state index in [1.807, 2.05) is 6.07 Å². The summed E-state index contributed by atoms with van der Waals surface area (Å²) in [6.07, 6.45) is 0.828. The molecule has 1 aliphatic rings. The Labute approximate surface area is 127 Å². The predicted molar refractivity (Wildman–Crippen MR) is 82.9 cm³/mol. The van der Waals surface area contributed by atoms with Crippen LogP contribution >= 0.6 is 0 Å². The normalized spacial score (nSPS) is 20.5. The molecule has 5 nitrogen and oxygen atoms in total. The van der Waals surface area contributed by atoms with Crippen LogP contribution in [-0.2, 0) is 6.54 Å². The average Bonchev–Trinajstić information content (AvgIpc) is 2.50. The lowest BCUT2D eigenvalue weighted by Gasteiger charge is -2.39. The number of aliphatic hydroxyl groups excluding tert-OH is 1. The van der Waals surface area contributed by atoms with Crippen molar-refractivity contribution >= 4 is 0 Å². The molecule has 1 aliphatic heterocycles. The molecule has 1 N–H and O–H groups in total. The van der Waals surface area contributed by atoms with Crippen molar-refractivity contribution in [2.24, 2.45) is 0 Å². The van der Waals surface area contributed by atoms with Crippen molar-refractivity contribution < 1.29 is 14.6 Å². The van der Waals surface area contributed by atoms with Gasteiger partial charge in [-0.3, -0.25) is 4.90 Å². The van der Waals surface area contributed by atoms with Crippen LogP contribution in [0.25, 0.3) is 0 Å². The molecule has 1 heterocycles. The van der Waals surface area contributed by atoms with Crippen LogP contribution in [-0.4, -0.2) is 68.5 Å². The Balaban J connectivity index is 2.03. The first-order valence-corrected chi connectivity index (χ1v) is 7.41. The van der Waals surface area contributed by atoms with Gasteiger partial charge in [-0.05, 0) is 31.2 Å². The molecule has 0 radical (unpaired) electrons. The van der Waals surface area contributed by atoms with Crippen molar-refractivity contribution in [1.82, 2.24) is 9.80 Å². The third-order valence-corrected chi connectivity index (χ3v) is 4.14. The number of rotatable bonds is 6. The molecule has 21 heavy (non-hydrogen) atoms. The fourth-order valence-corrected chi connectivity index (χ4v) is 2.83. The standard InChI is InChI=1S/C16H26N2O3/c1-17-5-6-18(12-14(17)4-7-19)11-13-8-15(20-2)10-16(9-13)21-3/h8-10,14,19H,4-7,11-12H2,1-3H3/t14-/m1/s1. The Kier molecular flexibility index (Phi) is 5.85. The van der Waals surface area contributed by atoms with E-state index in [-0.39, 0.29) is 6.61 Å². The van der Waals surface area contributed by atoms with Gasteiger partial charge in [0.15, 0.2) is 0 Å². The van der Waals surface area contributed by atoms with Crippen molar-refractivity contribution in [1.29, 1.82) is 0 Å². The van der Waals surface area contributed by atoms with Crippen molar-refractivity contribution in [3.05, 3.63) is 23.8 Å². The zero-order chi connectivity index (χ0) is 15.2. The third-order valence-electron chi connectivity index (χ3n) is 4.14. The molecule has 0 unspecified atom stereocenters. The van der Waals surface area contributed by atoms with Gasteiger partial charge >= 0.3 is 0 Å². The summed E-state index contributed by atoms with van der Waals surface area (Å²) >= 11 is 0. The summed E-state index contributed by atoms with van der Waals surface area (Å²) in [5, 5.41) is 9.17. The molecule has 0 aromatic heterocycles. The molecule has 1 atom stereocenters. The molecule has 1 fully saturated rings. The van der Waals surface area contributed by atoms with Crippen molar-refractivity contribution in [2.75, 3.05) is 47.5 Å². The van der Waals surface area contributed by atoms with Gasteiger partial charge in [0.2, 0.25) is 0 Å². The van der Waals surface area contributed by atoms with E-state index in [1.54, 1.807) is 14.2 Å². The van der Waals surface area contributed by atoms with Gasteiger partial charge in [0.1, 0.15) is 11.5 Å². The van der Waals surface area contributed by atoms with E-state index in [1.165, 1.54) is 5.56 Å². The van der Waals surface area contributed by atoms with Gasteiger partial charge in [-0.25, -0.2) is 0 Å². The lowest BCUT2D eigenvalue weighted by atomic mass is 10.1. The largest absolute Gasteiger partial charge is 0.497 e. The van der Waals surface area contributed by atoms with Gasteiger partial charge in [-0.1, -0.05) is 0 Å². The highest BCUT2D eigenvalue weighted by Crippen LogP contribution is 2.24. The molecule has 0 aliphatic carbocycles. The smallest absolute Gasteiger partial charge is 0.122 e. The predicted octanol–water partition coefficient (Wildman–Crippen LogP) is 1.20. The number of nitrogens with zero attached hydrogens (tertiary/aromatic N) is 2. The van der Waals surface area contributed by atoms with E-state index in [0.29, 0.717) is 6.04 Å². The van der Waals surface area contributed by atoms with Crippen LogP contribution in [0.1, 0.15) is 12.0 Å². The molecule has 0 amide bonds. The fraction of sp³-hybridized carbons (Fsp3) is 0.625. The molecular weight excluding hydrogens is 268 g/mol. The summed E-state index contributed by atoms with van der Waals surface area (Å²) in [6, 6.07) is 6.43. The minimum atomic E-state index is 0.246. The summed E-state index contributed by atoms with van der Waals surface area (Å²) in [5.41, 5.74) is 1.19. The van der Waals surface area contributed by atoms with E-state index in [0.717, 1.165) is 44.1 Å². The van der Waals surface area contributed by atoms with Crippen LogP contribution in [0.5, 0.6) is 11.5 Å². The maximum atomic E-state index is 9.17. The first-order valence-electron chi connectivity index (χ1n) is 7.41. The summed E-state index contributed by atoms with van der Waals surface area (Å²) in [6.45, 7) is 4.18. The Bertz CT molecular complexity index is 431. The first-order chi connectivity index (χ1) is 10.2. The van der Waals surface area contributed by atoms with Crippen LogP contribution in [0.2, 0.25) is 0 Å². The lowest BCUT2D eigenvalue weighted by molar-refractivity contribution is 0.0742. The van der Waals surface area contributed by atoms with E-state index in [9.17, 15) is 5.11 Å². The zero-order valence-corrected chi connectivity index (χ0v) is 13.2. The lowest BCUT2D eigenvalue weighted by Crippen LogP contribution is -2.51. The highest BCUT2D eigenvalue weighted by Gasteiger charge is 2.23. The second-order valence-corrected chi connectivity index (χ2v) is 5.60. The van der Waals surface area contributed by atoms with Crippen LogP contribution in [0, 0.1) is 0 Å². The maximum absolute atomic E-state index is 9.17. The molecular formula is C16H26N2O3. The van der Waals surface area contributed by atoms with Gasteiger partial charge in [-0.2, -0.15) is 0 Å². The third kappa shape index (κ3) is 4.33. The van der Waals surface area contributed by atoms with Crippen LogP contribution < -0.4 is 9.47 Å². The Morgan fingerprint density at radius 3 is 2.38 bits per heavy atom. The van der Waals surface area contributed by atoms with E-state index >= 15 is 0 Å². The minimum absolute atomic E-state index is 0.246. The highest BCUT2D eigenvalue weighted by molar-refractivity contribution is 5.38. The highest BCUT2D eigenvalue weighted by atomic mass is 16.5. The van der Waals surface area contributed by atoms with E-state index in [2.05, 4.69) is 29.0 Å². The van der Waals surface area contributed by atoms with Gasteiger partial charge in [-0.15, -0.1) is 0 Å². The number of methoxy groups -OCH3 is 2. The number of hydrogen-bond acceptors (Lipinski definition) is 5. The summed E-state index contributed by atoms with van der Waals surface area (Å²) in [7, 11) is 5.48. The van der Waals surface area contributed by atoms with Crippen molar-refractivity contribution in [3.63, 3.8) is 0 Å². The van der Waals surface area contributed by atoms with Gasteiger partial charge in [0.25, 0.3) is 0 Å². The van der Waals surface area contributed by atoms with Crippen molar-refractivity contribution in [3.8, 4) is 11.5 Å². The Morgan fingerprint density at radius 1 is 1.14 bits per heavy atom. The molecule has 2 rings (SSSR count). The summed E-state index contributed by atoms with van der Waals surface area (Å²) in [5.74, 6) is 1.65. The van der Waals surface area contributed by atoms with Crippen LogP contribution in [0.3, 0.4) is 0 Å². The average molecular weight is 294 g/mol. The van der Waals surface area contributed by atoms with Crippen LogP contribution in [0.15, 0.2) is 18.2 Å². The first kappa shape index (κ1) is 16.1. The van der Waals surface area contributed by atoms with Gasteiger partial charge in [0, 0.05) is 44.9 Å². The molecule has 118 valence electrons. The second-order valence-electron chi connectivity index (χ2n) is 5.60. The molecule has 0 bridgehead atoms. The Hall–Kier alpha value is -1.30. The molecule has 5 heteroatoms.